The van der Waals surface area contributed by atoms with E-state index in [2.05, 4.69) is 5.32 Å². The average molecular weight is 559 g/mol. The molecule has 1 amide bonds. The van der Waals surface area contributed by atoms with Crippen LogP contribution in [-0.4, -0.2) is 13.8 Å². The zero-order valence-corrected chi connectivity index (χ0v) is 20.4. The molecule has 1 unspecified atom stereocenters. The molecule has 4 aromatic rings. The van der Waals surface area contributed by atoms with Gasteiger partial charge in [0.25, 0.3) is 5.91 Å². The van der Waals surface area contributed by atoms with Gasteiger partial charge in [0.1, 0.15) is 19.5 Å². The molecule has 11 heteroatoms. The highest BCUT2D eigenvalue weighted by Crippen LogP contribution is 2.39. The van der Waals surface area contributed by atoms with Gasteiger partial charge >= 0.3 is 12.4 Å². The number of hydrogen-bond acceptors (Lipinski definition) is 1. The normalized spacial score (nSPS) is 13.5. The third kappa shape index (κ3) is 6.19. The summed E-state index contributed by atoms with van der Waals surface area (Å²) in [5, 5.41) is 2.55. The summed E-state index contributed by atoms with van der Waals surface area (Å²) in [7, 11) is 5.79. The van der Waals surface area contributed by atoms with Crippen LogP contribution < -0.4 is 10.8 Å². The molecule has 4 aromatic carbocycles. The predicted molar refractivity (Wildman–Crippen MR) is 133 cm³/mol. The molecule has 0 aliphatic carbocycles. The van der Waals surface area contributed by atoms with Gasteiger partial charge in [-0.1, -0.05) is 60.1 Å². The summed E-state index contributed by atoms with van der Waals surface area (Å²) in [6.45, 7) is 0. The van der Waals surface area contributed by atoms with Gasteiger partial charge in [-0.3, -0.25) is 4.79 Å². The second-order valence-corrected chi connectivity index (χ2v) is 9.06. The van der Waals surface area contributed by atoms with E-state index in [0.29, 0.717) is 23.8 Å². The van der Waals surface area contributed by atoms with Crippen LogP contribution in [0.15, 0.2) is 91.0 Å². The first-order valence-corrected chi connectivity index (χ1v) is 11.7. The minimum absolute atomic E-state index is 0.163. The quantitative estimate of drug-likeness (QED) is 0.207. The van der Waals surface area contributed by atoms with Crippen molar-refractivity contribution in [3.8, 4) is 0 Å². The zero-order valence-electron chi connectivity index (χ0n) is 20.4. The van der Waals surface area contributed by atoms with Crippen molar-refractivity contribution in [2.24, 2.45) is 0 Å². The van der Waals surface area contributed by atoms with Crippen molar-refractivity contribution in [3.05, 3.63) is 136 Å². The lowest BCUT2D eigenvalue weighted by Crippen LogP contribution is -2.49. The topological polar surface area (TPSA) is 29.1 Å². The lowest BCUT2D eigenvalue weighted by Gasteiger charge is -2.37. The highest BCUT2D eigenvalue weighted by molar-refractivity contribution is 6.32. The predicted octanol–water partition coefficient (Wildman–Crippen LogP) is 6.71. The van der Waals surface area contributed by atoms with Crippen molar-refractivity contribution in [2.75, 3.05) is 0 Å². The number of halogens is 8. The molecule has 0 fully saturated rings. The number of alkyl halides is 6. The highest BCUT2D eigenvalue weighted by Gasteiger charge is 2.41. The molecule has 40 heavy (non-hydrogen) atoms. The summed E-state index contributed by atoms with van der Waals surface area (Å²) in [5.74, 6) is -4.04. The van der Waals surface area contributed by atoms with Gasteiger partial charge in [0, 0.05) is 12.0 Å². The Bertz CT molecular complexity index is 1520. The number of carbonyl (C=O) groups is 1. The molecule has 4 rings (SSSR count). The number of nitrogens with one attached hydrogen (secondary N) is 1. The molecule has 0 spiro atoms. The van der Waals surface area contributed by atoms with E-state index >= 15 is 0 Å². The van der Waals surface area contributed by atoms with E-state index in [1.807, 2.05) is 0 Å². The second-order valence-electron chi connectivity index (χ2n) is 9.06. The van der Waals surface area contributed by atoms with Gasteiger partial charge in [-0.2, -0.15) is 26.3 Å². The van der Waals surface area contributed by atoms with Crippen LogP contribution in [0, 0.1) is 11.6 Å². The fraction of sp³-hybridized carbons (Fsp3) is 0.138. The molecule has 0 aromatic heterocycles. The molecule has 0 aliphatic rings. The highest BCUT2D eigenvalue weighted by atomic mass is 19.4. The van der Waals surface area contributed by atoms with Crippen molar-refractivity contribution >= 4 is 19.2 Å². The van der Waals surface area contributed by atoms with E-state index in [4.69, 9.17) is 7.85 Å². The Hall–Kier alpha value is -4.15. The Labute approximate surface area is 225 Å². The van der Waals surface area contributed by atoms with E-state index in [-0.39, 0.29) is 29.1 Å². The third-order valence-corrected chi connectivity index (χ3v) is 6.29. The van der Waals surface area contributed by atoms with Gasteiger partial charge in [0.15, 0.2) is 0 Å². The van der Waals surface area contributed by atoms with E-state index in [9.17, 15) is 39.9 Å². The van der Waals surface area contributed by atoms with Crippen LogP contribution in [0.25, 0.3) is 0 Å². The molecule has 2 radical (unpaired) electrons. The van der Waals surface area contributed by atoms with Crippen molar-refractivity contribution in [1.29, 1.82) is 0 Å². The summed E-state index contributed by atoms with van der Waals surface area (Å²) in [6.07, 6.45) is -10.3. The van der Waals surface area contributed by atoms with Crippen LogP contribution in [-0.2, 0) is 24.3 Å². The molecule has 0 bridgehead atoms. The smallest absolute Gasteiger partial charge is 0.338 e. The van der Waals surface area contributed by atoms with Gasteiger partial charge in [-0.05, 0) is 53.1 Å². The molecule has 204 valence electrons. The van der Waals surface area contributed by atoms with Gasteiger partial charge in [0.2, 0.25) is 0 Å². The molecule has 1 atom stereocenters. The molecule has 0 saturated carbocycles. The lowest BCUT2D eigenvalue weighted by atomic mass is 9.76. The first-order valence-electron chi connectivity index (χ1n) is 11.7. The standard InChI is InChI=1S/C29H18BF8NO/c30-22-9-7-19(8-10-22)27(16-17-4-2-1-3-5-17,20-13-21(28(33,34)35)15-23(31)14-20)39-26(40)18-6-11-25(32)24(12-18)29(36,37)38/h1-15H,16H2,(H,39,40). The Kier molecular flexibility index (Phi) is 7.78. The van der Waals surface area contributed by atoms with E-state index in [0.717, 1.165) is 12.1 Å². The average Bonchev–Trinajstić information content (AvgIpc) is 2.88. The minimum atomic E-state index is -5.12. The number of rotatable bonds is 6. The monoisotopic (exact) mass is 559 g/mol. The zero-order chi connectivity index (χ0) is 29.3. The Morgan fingerprint density at radius 1 is 0.700 bits per heavy atom. The van der Waals surface area contributed by atoms with Crippen LogP contribution in [0.4, 0.5) is 35.1 Å². The van der Waals surface area contributed by atoms with Crippen LogP contribution in [0.3, 0.4) is 0 Å². The first-order chi connectivity index (χ1) is 18.7. The summed E-state index contributed by atoms with van der Waals surface area (Å²) in [4.78, 5) is 13.5. The van der Waals surface area contributed by atoms with E-state index in [1.54, 1.807) is 30.3 Å². The van der Waals surface area contributed by atoms with Crippen molar-refractivity contribution < 1.29 is 39.9 Å². The van der Waals surface area contributed by atoms with Crippen LogP contribution in [0.2, 0.25) is 0 Å². The van der Waals surface area contributed by atoms with Crippen molar-refractivity contribution in [1.82, 2.24) is 5.32 Å². The fourth-order valence-electron chi connectivity index (χ4n) is 4.38. The van der Waals surface area contributed by atoms with Crippen LogP contribution in [0.5, 0.6) is 0 Å². The summed E-state index contributed by atoms with van der Waals surface area (Å²) >= 11 is 0. The molecule has 0 aliphatic heterocycles. The van der Waals surface area contributed by atoms with Crippen molar-refractivity contribution in [3.63, 3.8) is 0 Å². The van der Waals surface area contributed by atoms with Gasteiger partial charge in [0.05, 0.1) is 16.7 Å². The van der Waals surface area contributed by atoms with E-state index in [1.165, 1.54) is 24.3 Å². The van der Waals surface area contributed by atoms with Gasteiger partial charge in [-0.15, -0.1) is 0 Å². The molecule has 0 saturated heterocycles. The number of benzene rings is 4. The molecule has 2 nitrogen and oxygen atoms in total. The number of hydrogen-bond donors (Lipinski definition) is 1. The third-order valence-electron chi connectivity index (χ3n) is 6.29. The maximum absolute atomic E-state index is 14.7. The van der Waals surface area contributed by atoms with Crippen molar-refractivity contribution in [2.45, 2.75) is 24.3 Å². The van der Waals surface area contributed by atoms with Crippen LogP contribution >= 0.6 is 0 Å². The molecule has 0 heterocycles. The molecular weight excluding hydrogens is 541 g/mol. The van der Waals surface area contributed by atoms with Crippen LogP contribution in [0.1, 0.15) is 38.2 Å². The Balaban J connectivity index is 1.98. The maximum atomic E-state index is 14.7. The first kappa shape index (κ1) is 28.9. The largest absolute Gasteiger partial charge is 0.419 e. The summed E-state index contributed by atoms with van der Waals surface area (Å²) in [6, 6.07) is 17.1. The van der Waals surface area contributed by atoms with Gasteiger partial charge in [-0.25, -0.2) is 8.78 Å². The molecular formula is C29H18BF8NO. The SMILES string of the molecule is [B]c1ccc(C(Cc2ccccc2)(NC(=O)c2ccc(F)c(C(F)(F)F)c2)c2cc(F)cc(C(F)(F)F)c2)cc1. The molecule has 1 N–H and O–H groups in total. The minimum Gasteiger partial charge on any atom is -0.338 e. The lowest BCUT2D eigenvalue weighted by molar-refractivity contribution is -0.140. The second kappa shape index (κ2) is 10.8. The fourth-order valence-corrected chi connectivity index (χ4v) is 4.38. The number of amides is 1. The summed E-state index contributed by atoms with van der Waals surface area (Å²) in [5.41, 5.74) is -5.01. The number of carbonyl (C=O) groups excluding carboxylic acids is 1. The van der Waals surface area contributed by atoms with Gasteiger partial charge < -0.3 is 5.32 Å². The Morgan fingerprint density at radius 2 is 1.32 bits per heavy atom. The van der Waals surface area contributed by atoms with E-state index < -0.39 is 52.1 Å². The summed E-state index contributed by atoms with van der Waals surface area (Å²) < 4.78 is 110. The Morgan fingerprint density at radius 3 is 1.93 bits per heavy atom. The maximum Gasteiger partial charge on any atom is 0.419 e.